The summed E-state index contributed by atoms with van der Waals surface area (Å²) in [7, 11) is 1.40. The molecule has 2 N–H and O–H groups in total. The molecule has 0 unspecified atom stereocenters. The SMILES string of the molecule is CN(OCCO)C(=O)c1oc2ccncc2c1Nc1ccc(I)cc1F. The molecule has 3 rings (SSSR count). The van der Waals surface area contributed by atoms with Crippen molar-refractivity contribution in [1.82, 2.24) is 10.0 Å². The Morgan fingerprint density at radius 2 is 2.27 bits per heavy atom. The number of benzene rings is 1. The Morgan fingerprint density at radius 3 is 3.00 bits per heavy atom. The third-order valence-corrected chi connectivity index (χ3v) is 4.21. The van der Waals surface area contributed by atoms with Gasteiger partial charge in [0.15, 0.2) is 0 Å². The van der Waals surface area contributed by atoms with Gasteiger partial charge >= 0.3 is 5.91 Å². The maximum absolute atomic E-state index is 14.2. The Morgan fingerprint density at radius 1 is 1.46 bits per heavy atom. The fourth-order valence-electron chi connectivity index (χ4n) is 2.32. The molecular weight excluding hydrogens is 456 g/mol. The van der Waals surface area contributed by atoms with Crippen LogP contribution in [-0.2, 0) is 4.84 Å². The molecule has 0 aliphatic carbocycles. The first-order chi connectivity index (χ1) is 12.5. The van der Waals surface area contributed by atoms with Crippen LogP contribution in [0.2, 0.25) is 0 Å². The lowest BCUT2D eigenvalue weighted by Gasteiger charge is -2.16. The lowest BCUT2D eigenvalue weighted by atomic mass is 10.2. The van der Waals surface area contributed by atoms with Gasteiger partial charge in [0, 0.05) is 23.0 Å². The quantitative estimate of drug-likeness (QED) is 0.424. The maximum Gasteiger partial charge on any atom is 0.315 e. The van der Waals surface area contributed by atoms with E-state index < -0.39 is 11.7 Å². The van der Waals surface area contributed by atoms with Crippen molar-refractivity contribution in [3.63, 3.8) is 0 Å². The van der Waals surface area contributed by atoms with E-state index in [-0.39, 0.29) is 30.3 Å². The van der Waals surface area contributed by atoms with E-state index in [1.54, 1.807) is 18.2 Å². The molecule has 0 fully saturated rings. The molecule has 1 aromatic carbocycles. The number of carbonyl (C=O) groups excluding carboxylic acids is 1. The number of nitrogens with zero attached hydrogens (tertiary/aromatic N) is 2. The van der Waals surface area contributed by atoms with Crippen LogP contribution < -0.4 is 5.32 Å². The van der Waals surface area contributed by atoms with Crippen LogP contribution in [0.1, 0.15) is 10.6 Å². The fourth-order valence-corrected chi connectivity index (χ4v) is 2.77. The van der Waals surface area contributed by atoms with Crippen molar-refractivity contribution in [3.8, 4) is 0 Å². The average Bonchev–Trinajstić information content (AvgIpc) is 3.00. The number of hydrogen-bond donors (Lipinski definition) is 2. The second-order valence-electron chi connectivity index (χ2n) is 5.29. The van der Waals surface area contributed by atoms with Crippen molar-refractivity contribution in [2.24, 2.45) is 0 Å². The minimum atomic E-state index is -0.580. The zero-order valence-electron chi connectivity index (χ0n) is 13.7. The van der Waals surface area contributed by atoms with Crippen LogP contribution in [0.15, 0.2) is 41.1 Å². The van der Waals surface area contributed by atoms with Crippen molar-refractivity contribution in [1.29, 1.82) is 0 Å². The maximum atomic E-state index is 14.2. The van der Waals surface area contributed by atoms with Gasteiger partial charge in [-0.25, -0.2) is 9.45 Å². The largest absolute Gasteiger partial charge is 0.448 e. The van der Waals surface area contributed by atoms with Crippen LogP contribution >= 0.6 is 22.6 Å². The number of fused-ring (bicyclic) bond motifs is 1. The number of aromatic nitrogens is 1. The van der Waals surface area contributed by atoms with Gasteiger partial charge < -0.3 is 14.8 Å². The van der Waals surface area contributed by atoms with Crippen molar-refractivity contribution in [2.45, 2.75) is 0 Å². The first kappa shape index (κ1) is 18.5. The summed E-state index contributed by atoms with van der Waals surface area (Å²) in [5.74, 6) is -1.09. The number of carbonyl (C=O) groups is 1. The summed E-state index contributed by atoms with van der Waals surface area (Å²) in [5.41, 5.74) is 0.912. The van der Waals surface area contributed by atoms with E-state index in [1.807, 2.05) is 22.6 Å². The van der Waals surface area contributed by atoms with Gasteiger partial charge in [0.2, 0.25) is 5.76 Å². The second-order valence-corrected chi connectivity index (χ2v) is 6.53. The molecule has 0 saturated heterocycles. The highest BCUT2D eigenvalue weighted by atomic mass is 127. The van der Waals surface area contributed by atoms with Crippen LogP contribution in [0.25, 0.3) is 11.0 Å². The Bertz CT molecular complexity index is 947. The first-order valence-corrected chi connectivity index (χ1v) is 8.69. The number of anilines is 2. The lowest BCUT2D eigenvalue weighted by Crippen LogP contribution is -2.28. The summed E-state index contributed by atoms with van der Waals surface area (Å²) in [5, 5.41) is 13.2. The number of halogens is 2. The van der Waals surface area contributed by atoms with E-state index in [0.717, 1.165) is 8.63 Å². The molecule has 3 aromatic rings. The number of aliphatic hydroxyl groups excluding tert-OH is 1. The Balaban J connectivity index is 2.03. The molecule has 7 nitrogen and oxygen atoms in total. The number of aliphatic hydroxyl groups is 1. The van der Waals surface area contributed by atoms with E-state index in [0.29, 0.717) is 11.0 Å². The smallest absolute Gasteiger partial charge is 0.315 e. The van der Waals surface area contributed by atoms with Crippen molar-refractivity contribution in [3.05, 3.63) is 51.8 Å². The molecule has 0 radical (unpaired) electrons. The molecule has 0 bridgehead atoms. The van der Waals surface area contributed by atoms with Crippen molar-refractivity contribution >= 4 is 50.8 Å². The van der Waals surface area contributed by atoms with Crippen LogP contribution in [-0.4, -0.2) is 41.3 Å². The molecule has 0 atom stereocenters. The van der Waals surface area contributed by atoms with Gasteiger partial charge in [-0.05, 0) is 46.9 Å². The third kappa shape index (κ3) is 3.79. The molecule has 0 aliphatic heterocycles. The topological polar surface area (TPSA) is 87.8 Å². The molecule has 0 saturated carbocycles. The Labute approximate surface area is 161 Å². The Hall–Kier alpha value is -2.24. The standard InChI is InChI=1S/C17H15FIN3O4/c1-22(25-7-6-23)17(24)16-15(11-9-20-5-4-14(11)26-16)21-13-3-2-10(19)8-12(13)18/h2-5,8-9,21,23H,6-7H2,1H3. The highest BCUT2D eigenvalue weighted by molar-refractivity contribution is 14.1. The van der Waals surface area contributed by atoms with Gasteiger partial charge in [-0.2, -0.15) is 0 Å². The monoisotopic (exact) mass is 471 g/mol. The zero-order chi connectivity index (χ0) is 18.7. The summed E-state index contributed by atoms with van der Waals surface area (Å²) in [6, 6.07) is 6.30. The predicted molar refractivity (Wildman–Crippen MR) is 102 cm³/mol. The van der Waals surface area contributed by atoms with Crippen LogP contribution in [0.3, 0.4) is 0 Å². The lowest BCUT2D eigenvalue weighted by molar-refractivity contribution is -0.115. The van der Waals surface area contributed by atoms with Gasteiger partial charge in [0.1, 0.15) is 17.1 Å². The molecule has 0 aliphatic rings. The van der Waals surface area contributed by atoms with Crippen LogP contribution in [0.4, 0.5) is 15.8 Å². The number of pyridine rings is 1. The summed E-state index contributed by atoms with van der Waals surface area (Å²) < 4.78 is 20.6. The minimum Gasteiger partial charge on any atom is -0.448 e. The summed E-state index contributed by atoms with van der Waals surface area (Å²) in [6.45, 7) is -0.279. The number of nitrogens with one attached hydrogen (secondary N) is 1. The van der Waals surface area contributed by atoms with Gasteiger partial charge in [-0.3, -0.25) is 14.6 Å². The number of hydroxylamine groups is 2. The summed E-state index contributed by atoms with van der Waals surface area (Å²) in [6.07, 6.45) is 3.05. The van der Waals surface area contributed by atoms with Gasteiger partial charge in [-0.1, -0.05) is 0 Å². The molecule has 1 amide bonds. The first-order valence-electron chi connectivity index (χ1n) is 7.61. The number of hydrogen-bond acceptors (Lipinski definition) is 6. The van der Waals surface area contributed by atoms with E-state index >= 15 is 0 Å². The normalized spacial score (nSPS) is 10.9. The molecule has 136 valence electrons. The van der Waals surface area contributed by atoms with Gasteiger partial charge in [0.05, 0.1) is 24.3 Å². The number of furan rings is 1. The summed E-state index contributed by atoms with van der Waals surface area (Å²) >= 11 is 2.01. The second kappa shape index (κ2) is 7.98. The molecule has 0 spiro atoms. The van der Waals surface area contributed by atoms with Crippen LogP contribution in [0.5, 0.6) is 0 Å². The van der Waals surface area contributed by atoms with Crippen LogP contribution in [0, 0.1) is 9.39 Å². The summed E-state index contributed by atoms with van der Waals surface area (Å²) in [4.78, 5) is 21.8. The highest BCUT2D eigenvalue weighted by Crippen LogP contribution is 2.34. The number of amides is 1. The fraction of sp³-hybridized carbons (Fsp3) is 0.176. The van der Waals surface area contributed by atoms with E-state index in [2.05, 4.69) is 10.3 Å². The van der Waals surface area contributed by atoms with E-state index in [4.69, 9.17) is 14.4 Å². The third-order valence-electron chi connectivity index (χ3n) is 3.54. The van der Waals surface area contributed by atoms with Gasteiger partial charge in [0.25, 0.3) is 0 Å². The molecule has 26 heavy (non-hydrogen) atoms. The van der Waals surface area contributed by atoms with Crippen molar-refractivity contribution < 1.29 is 23.5 Å². The van der Waals surface area contributed by atoms with Crippen molar-refractivity contribution in [2.75, 3.05) is 25.6 Å². The number of rotatable bonds is 6. The van der Waals surface area contributed by atoms with E-state index in [1.165, 1.54) is 25.5 Å². The molecule has 2 heterocycles. The van der Waals surface area contributed by atoms with E-state index in [9.17, 15) is 9.18 Å². The molecule has 9 heteroatoms. The molecule has 2 aromatic heterocycles. The Kier molecular flexibility index (Phi) is 5.69. The minimum absolute atomic E-state index is 0.0431. The zero-order valence-corrected chi connectivity index (χ0v) is 15.9. The highest BCUT2D eigenvalue weighted by Gasteiger charge is 2.25. The average molecular weight is 471 g/mol. The van der Waals surface area contributed by atoms with Gasteiger partial charge in [-0.15, -0.1) is 0 Å². The predicted octanol–water partition coefficient (Wildman–Crippen LogP) is 3.31. The molecular formula is C17H15FIN3O4.